The quantitative estimate of drug-likeness (QED) is 0.569. The molecule has 0 bridgehead atoms. The van der Waals surface area contributed by atoms with Crippen molar-refractivity contribution in [2.45, 2.75) is 38.8 Å². The summed E-state index contributed by atoms with van der Waals surface area (Å²) in [6.07, 6.45) is 0.553. The SMILES string of the molecule is CCC([C@H](N)C(=O)O)C(C)(C)O. The van der Waals surface area contributed by atoms with Gasteiger partial charge in [-0.05, 0) is 20.3 Å². The zero-order valence-electron chi connectivity index (χ0n) is 7.74. The Balaban J connectivity index is 4.45. The minimum atomic E-state index is -1.07. The molecule has 2 atom stereocenters. The highest BCUT2D eigenvalue weighted by Gasteiger charge is 2.34. The van der Waals surface area contributed by atoms with Crippen molar-refractivity contribution < 1.29 is 15.0 Å². The van der Waals surface area contributed by atoms with Crippen molar-refractivity contribution in [1.82, 2.24) is 0 Å². The number of rotatable bonds is 4. The molecule has 0 saturated carbocycles. The fourth-order valence-electron chi connectivity index (χ4n) is 1.36. The third-order valence-corrected chi connectivity index (χ3v) is 2.07. The van der Waals surface area contributed by atoms with Gasteiger partial charge in [-0.1, -0.05) is 6.92 Å². The molecule has 1 unspecified atom stereocenters. The summed E-state index contributed by atoms with van der Waals surface area (Å²) in [7, 11) is 0. The van der Waals surface area contributed by atoms with Crippen LogP contribution in [0, 0.1) is 5.92 Å². The summed E-state index contributed by atoms with van der Waals surface area (Å²) in [5.41, 5.74) is 4.36. The van der Waals surface area contributed by atoms with Gasteiger partial charge in [0, 0.05) is 5.92 Å². The van der Waals surface area contributed by atoms with Gasteiger partial charge in [0.05, 0.1) is 5.60 Å². The van der Waals surface area contributed by atoms with Crippen molar-refractivity contribution >= 4 is 5.97 Å². The van der Waals surface area contributed by atoms with Crippen LogP contribution in [0.2, 0.25) is 0 Å². The Morgan fingerprint density at radius 1 is 1.58 bits per heavy atom. The lowest BCUT2D eigenvalue weighted by Gasteiger charge is -2.30. The average Bonchev–Trinajstić information content (AvgIpc) is 1.85. The van der Waals surface area contributed by atoms with E-state index < -0.39 is 23.5 Å². The van der Waals surface area contributed by atoms with E-state index in [2.05, 4.69) is 0 Å². The van der Waals surface area contributed by atoms with Gasteiger partial charge in [0.2, 0.25) is 0 Å². The van der Waals surface area contributed by atoms with Gasteiger partial charge in [-0.15, -0.1) is 0 Å². The largest absolute Gasteiger partial charge is 0.480 e. The monoisotopic (exact) mass is 175 g/mol. The molecule has 12 heavy (non-hydrogen) atoms. The summed E-state index contributed by atoms with van der Waals surface area (Å²) < 4.78 is 0. The Hall–Kier alpha value is -0.610. The number of hydrogen-bond acceptors (Lipinski definition) is 3. The molecule has 0 radical (unpaired) electrons. The van der Waals surface area contributed by atoms with E-state index in [1.165, 1.54) is 0 Å². The molecule has 0 saturated heterocycles. The van der Waals surface area contributed by atoms with Crippen LogP contribution in [-0.2, 0) is 4.79 Å². The molecule has 0 rings (SSSR count). The van der Waals surface area contributed by atoms with E-state index in [0.717, 1.165) is 0 Å². The van der Waals surface area contributed by atoms with Crippen LogP contribution in [0.1, 0.15) is 27.2 Å². The molecule has 0 aliphatic rings. The van der Waals surface area contributed by atoms with Gasteiger partial charge in [0.1, 0.15) is 6.04 Å². The van der Waals surface area contributed by atoms with E-state index in [0.29, 0.717) is 6.42 Å². The standard InChI is InChI=1S/C8H17NO3/c1-4-5(8(2,3)12)6(9)7(10)11/h5-6,12H,4,9H2,1-3H3,(H,10,11)/t5?,6-/m0/s1. The second-order valence-electron chi connectivity index (χ2n) is 3.53. The lowest BCUT2D eigenvalue weighted by atomic mass is 9.83. The first-order valence-corrected chi connectivity index (χ1v) is 4.01. The zero-order chi connectivity index (χ0) is 9.94. The van der Waals surface area contributed by atoms with Crippen molar-refractivity contribution in [2.75, 3.05) is 0 Å². The van der Waals surface area contributed by atoms with Gasteiger partial charge in [-0.25, -0.2) is 0 Å². The number of nitrogens with two attached hydrogens (primary N) is 1. The number of hydrogen-bond donors (Lipinski definition) is 3. The Kier molecular flexibility index (Phi) is 3.67. The Morgan fingerprint density at radius 3 is 2.08 bits per heavy atom. The van der Waals surface area contributed by atoms with Gasteiger partial charge in [0.15, 0.2) is 0 Å². The molecule has 0 amide bonds. The lowest BCUT2D eigenvalue weighted by Crippen LogP contribution is -2.47. The number of carboxylic acid groups (broad SMARTS) is 1. The second-order valence-corrected chi connectivity index (χ2v) is 3.53. The first-order chi connectivity index (χ1) is 5.30. The number of carbonyl (C=O) groups is 1. The molecular weight excluding hydrogens is 158 g/mol. The van der Waals surface area contributed by atoms with Crippen LogP contribution in [0.15, 0.2) is 0 Å². The summed E-state index contributed by atoms with van der Waals surface area (Å²) in [6, 6.07) is -0.991. The molecule has 0 aliphatic heterocycles. The lowest BCUT2D eigenvalue weighted by molar-refractivity contribution is -0.142. The summed E-state index contributed by atoms with van der Waals surface area (Å²) in [4.78, 5) is 10.5. The van der Waals surface area contributed by atoms with Crippen LogP contribution < -0.4 is 5.73 Å². The molecule has 0 aromatic heterocycles. The van der Waals surface area contributed by atoms with E-state index in [1.807, 2.05) is 6.92 Å². The number of aliphatic carboxylic acids is 1. The highest BCUT2D eigenvalue weighted by Crippen LogP contribution is 2.22. The topological polar surface area (TPSA) is 83.6 Å². The summed E-state index contributed by atoms with van der Waals surface area (Å²) in [6.45, 7) is 4.96. The van der Waals surface area contributed by atoms with E-state index >= 15 is 0 Å². The molecule has 72 valence electrons. The van der Waals surface area contributed by atoms with E-state index in [4.69, 9.17) is 10.8 Å². The van der Waals surface area contributed by atoms with Gasteiger partial charge >= 0.3 is 5.97 Å². The van der Waals surface area contributed by atoms with Crippen molar-refractivity contribution in [2.24, 2.45) is 11.7 Å². The molecule has 4 N–H and O–H groups in total. The predicted molar refractivity (Wildman–Crippen MR) is 45.7 cm³/mol. The first kappa shape index (κ1) is 11.4. The van der Waals surface area contributed by atoms with Crippen LogP contribution in [-0.4, -0.2) is 27.8 Å². The number of carboxylic acids is 1. The Labute approximate surface area is 72.4 Å². The minimum absolute atomic E-state index is 0.407. The maximum absolute atomic E-state index is 10.5. The summed E-state index contributed by atoms with van der Waals surface area (Å²) in [5, 5.41) is 18.2. The van der Waals surface area contributed by atoms with Crippen molar-refractivity contribution in [3.63, 3.8) is 0 Å². The van der Waals surface area contributed by atoms with Crippen LogP contribution in [0.3, 0.4) is 0 Å². The highest BCUT2D eigenvalue weighted by atomic mass is 16.4. The smallest absolute Gasteiger partial charge is 0.320 e. The Bertz CT molecular complexity index is 162. The predicted octanol–water partition coefficient (Wildman–Crippen LogP) is 0.195. The third-order valence-electron chi connectivity index (χ3n) is 2.07. The molecule has 0 aliphatic carbocycles. The molecule has 0 heterocycles. The molecule has 0 aromatic carbocycles. The van der Waals surface area contributed by atoms with Crippen LogP contribution in [0.5, 0.6) is 0 Å². The van der Waals surface area contributed by atoms with E-state index in [1.54, 1.807) is 13.8 Å². The molecule has 0 aromatic rings. The van der Waals surface area contributed by atoms with Crippen LogP contribution in [0.4, 0.5) is 0 Å². The van der Waals surface area contributed by atoms with Crippen molar-refractivity contribution in [3.05, 3.63) is 0 Å². The van der Waals surface area contributed by atoms with Gasteiger partial charge < -0.3 is 15.9 Å². The second kappa shape index (κ2) is 3.87. The molecule has 4 heteroatoms. The fraction of sp³-hybridized carbons (Fsp3) is 0.875. The van der Waals surface area contributed by atoms with E-state index in [-0.39, 0.29) is 0 Å². The molecule has 0 fully saturated rings. The fourth-order valence-corrected chi connectivity index (χ4v) is 1.36. The van der Waals surface area contributed by atoms with Crippen molar-refractivity contribution in [1.29, 1.82) is 0 Å². The van der Waals surface area contributed by atoms with Crippen LogP contribution in [0.25, 0.3) is 0 Å². The van der Waals surface area contributed by atoms with Crippen LogP contribution >= 0.6 is 0 Å². The molecule has 4 nitrogen and oxygen atoms in total. The molecule has 0 spiro atoms. The van der Waals surface area contributed by atoms with Gasteiger partial charge in [0.25, 0.3) is 0 Å². The Morgan fingerprint density at radius 2 is 2.00 bits per heavy atom. The maximum atomic E-state index is 10.5. The number of aliphatic hydroxyl groups is 1. The van der Waals surface area contributed by atoms with Gasteiger partial charge in [-0.2, -0.15) is 0 Å². The molecular formula is C8H17NO3. The summed E-state index contributed by atoms with van der Waals surface area (Å²) >= 11 is 0. The third kappa shape index (κ3) is 2.79. The first-order valence-electron chi connectivity index (χ1n) is 4.01. The summed E-state index contributed by atoms with van der Waals surface area (Å²) in [5.74, 6) is -1.47. The average molecular weight is 175 g/mol. The normalized spacial score (nSPS) is 17.1. The highest BCUT2D eigenvalue weighted by molar-refractivity contribution is 5.73. The van der Waals surface area contributed by atoms with E-state index in [9.17, 15) is 9.90 Å². The van der Waals surface area contributed by atoms with Crippen molar-refractivity contribution in [3.8, 4) is 0 Å². The maximum Gasteiger partial charge on any atom is 0.320 e. The minimum Gasteiger partial charge on any atom is -0.480 e. The zero-order valence-corrected chi connectivity index (χ0v) is 7.74. The van der Waals surface area contributed by atoms with Gasteiger partial charge in [-0.3, -0.25) is 4.79 Å².